The maximum atomic E-state index is 13.3. The lowest BCUT2D eigenvalue weighted by Crippen LogP contribution is -2.34. The third-order valence-corrected chi connectivity index (χ3v) is 11.1. The van der Waals surface area contributed by atoms with E-state index in [9.17, 15) is 13.2 Å². The Morgan fingerprint density at radius 2 is 1.59 bits per heavy atom. The number of benzene rings is 1. The highest BCUT2D eigenvalue weighted by molar-refractivity contribution is 7.91. The van der Waals surface area contributed by atoms with Crippen LogP contribution in [-0.4, -0.2) is 44.3 Å². The zero-order valence-corrected chi connectivity index (χ0v) is 25.8. The van der Waals surface area contributed by atoms with Gasteiger partial charge in [0.2, 0.25) is 0 Å². The second-order valence-corrected chi connectivity index (χ2v) is 14.3. The van der Waals surface area contributed by atoms with Crippen LogP contribution in [0.15, 0.2) is 40.6 Å². The van der Waals surface area contributed by atoms with E-state index < -0.39 is 10.0 Å². The van der Waals surface area contributed by atoms with Gasteiger partial charge in [0.05, 0.1) is 6.54 Å². The molecule has 1 unspecified atom stereocenters. The van der Waals surface area contributed by atoms with Crippen molar-refractivity contribution < 1.29 is 13.2 Å². The van der Waals surface area contributed by atoms with Gasteiger partial charge in [0.15, 0.2) is 0 Å². The highest BCUT2D eigenvalue weighted by atomic mass is 35.5. The van der Waals surface area contributed by atoms with Gasteiger partial charge >= 0.3 is 0 Å². The van der Waals surface area contributed by atoms with Crippen molar-refractivity contribution >= 4 is 38.9 Å². The van der Waals surface area contributed by atoms with Crippen molar-refractivity contribution in [2.75, 3.05) is 19.6 Å². The Balaban J connectivity index is 1.34. The third-order valence-electron chi connectivity index (χ3n) is 7.41. The number of carbonyl (C=O) groups excluding carboxylic acids is 1. The van der Waals surface area contributed by atoms with E-state index in [0.29, 0.717) is 33.9 Å². The highest BCUT2D eigenvalue weighted by Crippen LogP contribution is 2.27. The number of sulfonamides is 1. The molecule has 218 valence electrons. The second-order valence-electron chi connectivity index (χ2n) is 10.6. The molecule has 1 aliphatic heterocycles. The Morgan fingerprint density at radius 1 is 0.923 bits per heavy atom. The minimum absolute atomic E-state index is 0.215. The molecule has 1 fully saturated rings. The van der Waals surface area contributed by atoms with E-state index in [0.717, 1.165) is 30.7 Å². The van der Waals surface area contributed by atoms with Crippen LogP contribution in [0.2, 0.25) is 5.02 Å². The number of unbranched alkanes of at least 4 members (excludes halogenated alkanes) is 9. The summed E-state index contributed by atoms with van der Waals surface area (Å²) in [6.45, 7) is 4.66. The van der Waals surface area contributed by atoms with Crippen LogP contribution >= 0.6 is 22.9 Å². The summed E-state index contributed by atoms with van der Waals surface area (Å²) in [5, 5.41) is 7.11. The summed E-state index contributed by atoms with van der Waals surface area (Å²) in [6, 6.07) is 10.5. The van der Waals surface area contributed by atoms with Gasteiger partial charge in [-0.1, -0.05) is 76.3 Å². The summed E-state index contributed by atoms with van der Waals surface area (Å²) in [5.41, 5.74) is 0.518. The van der Waals surface area contributed by atoms with Crippen LogP contribution in [0.3, 0.4) is 0 Å². The maximum Gasteiger partial charge on any atom is 0.252 e. The van der Waals surface area contributed by atoms with Crippen LogP contribution in [0.4, 0.5) is 0 Å². The van der Waals surface area contributed by atoms with Crippen molar-refractivity contribution in [2.45, 2.75) is 107 Å². The molecule has 0 spiro atoms. The molecule has 0 radical (unpaired) electrons. The Kier molecular flexibility index (Phi) is 14.3. The largest absolute Gasteiger partial charge is 0.347 e. The number of carbonyl (C=O) groups is 1. The first-order valence-corrected chi connectivity index (χ1v) is 17.4. The van der Waals surface area contributed by atoms with E-state index in [-0.39, 0.29) is 12.5 Å². The van der Waals surface area contributed by atoms with E-state index in [1.165, 1.54) is 75.5 Å². The Bertz CT molecular complexity index is 1090. The summed E-state index contributed by atoms with van der Waals surface area (Å²) in [5.74, 6) is -0.215. The number of nitrogens with zero attached hydrogens (tertiary/aromatic N) is 1. The van der Waals surface area contributed by atoms with Gasteiger partial charge in [0, 0.05) is 34.6 Å². The number of thiophene rings is 1. The van der Waals surface area contributed by atoms with Gasteiger partial charge in [0.25, 0.3) is 15.9 Å². The van der Waals surface area contributed by atoms with Crippen LogP contribution < -0.4 is 10.6 Å². The molecule has 9 heteroatoms. The summed E-state index contributed by atoms with van der Waals surface area (Å²) >= 11 is 7.11. The minimum atomic E-state index is -3.53. The van der Waals surface area contributed by atoms with Crippen molar-refractivity contribution in [1.82, 2.24) is 14.9 Å². The summed E-state index contributed by atoms with van der Waals surface area (Å²) in [6.07, 6.45) is 16.1. The molecule has 1 atom stereocenters. The van der Waals surface area contributed by atoms with Gasteiger partial charge in [-0.3, -0.25) is 4.79 Å². The molecular weight excluding hydrogens is 550 g/mol. The van der Waals surface area contributed by atoms with Crippen molar-refractivity contribution in [3.63, 3.8) is 0 Å². The third kappa shape index (κ3) is 11.2. The van der Waals surface area contributed by atoms with Crippen molar-refractivity contribution in [3.05, 3.63) is 51.9 Å². The van der Waals surface area contributed by atoms with Gasteiger partial charge in [-0.25, -0.2) is 8.42 Å². The summed E-state index contributed by atoms with van der Waals surface area (Å²) < 4.78 is 28.6. The average molecular weight is 596 g/mol. The zero-order valence-electron chi connectivity index (χ0n) is 23.4. The molecule has 39 heavy (non-hydrogen) atoms. The molecular formula is C30H46ClN3O3S2. The first-order valence-electron chi connectivity index (χ1n) is 14.8. The predicted molar refractivity (Wildman–Crippen MR) is 163 cm³/mol. The first kappa shape index (κ1) is 32.1. The number of hydrogen-bond donors (Lipinski definition) is 2. The highest BCUT2D eigenvalue weighted by Gasteiger charge is 2.28. The van der Waals surface area contributed by atoms with Gasteiger partial charge < -0.3 is 10.6 Å². The Hall–Kier alpha value is -1.45. The summed E-state index contributed by atoms with van der Waals surface area (Å²) in [7, 11) is -3.53. The predicted octanol–water partition coefficient (Wildman–Crippen LogP) is 7.39. The molecule has 2 N–H and O–H groups in total. The smallest absolute Gasteiger partial charge is 0.252 e. The standard InChI is InChI=1S/C30H46ClN3O3S2/c1-2-3-4-5-6-7-8-9-10-11-21-32-27-13-12-22-34(23-20-27)39(36,37)29-19-18-28(38-29)24-33-30(35)25-14-16-26(31)17-15-25/h14-19,27,32H,2-13,20-24H2,1H3,(H,33,35). The topological polar surface area (TPSA) is 78.5 Å². The fourth-order valence-corrected chi connectivity index (χ4v) is 8.09. The molecule has 0 aliphatic carbocycles. The van der Waals surface area contributed by atoms with E-state index in [4.69, 9.17) is 11.6 Å². The van der Waals surface area contributed by atoms with Crippen molar-refractivity contribution in [3.8, 4) is 0 Å². The number of rotatable bonds is 17. The first-order chi connectivity index (χ1) is 18.9. The number of hydrogen-bond acceptors (Lipinski definition) is 5. The van der Waals surface area contributed by atoms with Gasteiger partial charge in [-0.2, -0.15) is 4.31 Å². The van der Waals surface area contributed by atoms with Crippen LogP contribution in [0, 0.1) is 0 Å². The Morgan fingerprint density at radius 3 is 2.28 bits per heavy atom. The van der Waals surface area contributed by atoms with Crippen molar-refractivity contribution in [2.24, 2.45) is 0 Å². The molecule has 1 saturated heterocycles. The maximum absolute atomic E-state index is 13.3. The van der Waals surface area contributed by atoms with E-state index in [1.807, 2.05) is 0 Å². The molecule has 0 saturated carbocycles. The molecule has 1 amide bonds. The second kappa shape index (κ2) is 17.4. The van der Waals surface area contributed by atoms with Gasteiger partial charge in [-0.15, -0.1) is 11.3 Å². The average Bonchev–Trinajstić information content (AvgIpc) is 3.29. The minimum Gasteiger partial charge on any atom is -0.347 e. The van der Waals surface area contributed by atoms with Gasteiger partial charge in [0.1, 0.15) is 4.21 Å². The molecule has 1 aromatic heterocycles. The molecule has 3 rings (SSSR count). The quantitative estimate of drug-likeness (QED) is 0.187. The molecule has 6 nitrogen and oxygen atoms in total. The van der Waals surface area contributed by atoms with Gasteiger partial charge in [-0.05, 0) is 68.6 Å². The lowest BCUT2D eigenvalue weighted by molar-refractivity contribution is 0.0951. The van der Waals surface area contributed by atoms with Crippen LogP contribution in [0.5, 0.6) is 0 Å². The van der Waals surface area contributed by atoms with E-state index in [2.05, 4.69) is 17.6 Å². The van der Waals surface area contributed by atoms with Crippen LogP contribution in [-0.2, 0) is 16.6 Å². The number of amides is 1. The SMILES string of the molecule is CCCCCCCCCCCCNC1CCCN(S(=O)(=O)c2ccc(CNC(=O)c3ccc(Cl)cc3)s2)CC1. The number of halogens is 1. The lowest BCUT2D eigenvalue weighted by Gasteiger charge is -2.19. The Labute approximate surface area is 245 Å². The normalized spacial score (nSPS) is 16.7. The fraction of sp³-hybridized carbons (Fsp3) is 0.633. The molecule has 0 bridgehead atoms. The molecule has 2 aromatic rings. The molecule has 2 heterocycles. The van der Waals surface area contributed by atoms with Crippen molar-refractivity contribution in [1.29, 1.82) is 0 Å². The molecule has 1 aliphatic rings. The van der Waals surface area contributed by atoms with E-state index >= 15 is 0 Å². The van der Waals surface area contributed by atoms with Crippen LogP contribution in [0.1, 0.15) is 106 Å². The lowest BCUT2D eigenvalue weighted by atomic mass is 10.1. The van der Waals surface area contributed by atoms with Crippen LogP contribution in [0.25, 0.3) is 0 Å². The van der Waals surface area contributed by atoms with E-state index in [1.54, 1.807) is 40.7 Å². The summed E-state index contributed by atoms with van der Waals surface area (Å²) in [4.78, 5) is 13.2. The number of nitrogens with one attached hydrogen (secondary N) is 2. The molecule has 1 aromatic carbocycles. The fourth-order valence-electron chi connectivity index (χ4n) is 5.02. The monoisotopic (exact) mass is 595 g/mol. The zero-order chi connectivity index (χ0) is 27.9.